The lowest BCUT2D eigenvalue weighted by Crippen LogP contribution is -2.14. The predicted octanol–water partition coefficient (Wildman–Crippen LogP) is 4.47. The van der Waals surface area contributed by atoms with Crippen molar-refractivity contribution in [2.45, 2.75) is 25.5 Å². The number of esters is 1. The molecule has 3 rings (SSSR count). The van der Waals surface area contributed by atoms with Crippen LogP contribution < -0.4 is 10.1 Å². The molecule has 1 aromatic carbocycles. The first kappa shape index (κ1) is 24.7. The smallest absolute Gasteiger partial charge is 0.350 e. The number of benzene rings is 1. The summed E-state index contributed by atoms with van der Waals surface area (Å²) in [5.74, 6) is 0.466. The van der Waals surface area contributed by atoms with Gasteiger partial charge in [-0.3, -0.25) is 9.36 Å². The summed E-state index contributed by atoms with van der Waals surface area (Å²) in [6.45, 7) is 7.91. The summed E-state index contributed by atoms with van der Waals surface area (Å²) in [5.41, 5.74) is 1.19. The van der Waals surface area contributed by atoms with Crippen LogP contribution in [0, 0.1) is 6.92 Å². The minimum absolute atomic E-state index is 0.0648. The van der Waals surface area contributed by atoms with E-state index in [0.29, 0.717) is 49.6 Å². The van der Waals surface area contributed by atoms with Gasteiger partial charge in [-0.05, 0) is 32.0 Å². The van der Waals surface area contributed by atoms with Gasteiger partial charge in [0.15, 0.2) is 16.1 Å². The maximum absolute atomic E-state index is 12.5. The third-order valence-corrected chi connectivity index (χ3v) is 6.52. The van der Waals surface area contributed by atoms with Crippen LogP contribution in [0.1, 0.15) is 22.3 Å². The predicted molar refractivity (Wildman–Crippen MR) is 129 cm³/mol. The second kappa shape index (κ2) is 11.3. The number of aryl methyl sites for hydroxylation is 1. The van der Waals surface area contributed by atoms with Crippen LogP contribution in [0.2, 0.25) is 5.02 Å². The van der Waals surface area contributed by atoms with Crippen LogP contribution >= 0.6 is 34.7 Å². The molecule has 0 radical (unpaired) electrons. The van der Waals surface area contributed by atoms with Gasteiger partial charge in [0.05, 0.1) is 30.7 Å². The van der Waals surface area contributed by atoms with E-state index in [-0.39, 0.29) is 18.3 Å². The van der Waals surface area contributed by atoms with E-state index in [1.807, 2.05) is 4.57 Å². The molecule has 0 aliphatic heterocycles. The molecule has 0 spiro atoms. The quantitative estimate of drug-likeness (QED) is 0.243. The Morgan fingerprint density at radius 2 is 2.15 bits per heavy atom. The molecule has 0 atom stereocenters. The Bertz CT molecular complexity index is 1180. The highest BCUT2D eigenvalue weighted by molar-refractivity contribution is 7.99. The van der Waals surface area contributed by atoms with Crippen LogP contribution in [0.3, 0.4) is 0 Å². The van der Waals surface area contributed by atoms with Gasteiger partial charge in [0.1, 0.15) is 10.6 Å². The number of ether oxygens (including phenoxy) is 2. The number of methoxy groups -OCH3 is 1. The van der Waals surface area contributed by atoms with E-state index in [0.717, 1.165) is 11.3 Å². The van der Waals surface area contributed by atoms with Gasteiger partial charge in [-0.25, -0.2) is 9.78 Å². The summed E-state index contributed by atoms with van der Waals surface area (Å²) in [6.07, 6.45) is 1.71. The third-order valence-electron chi connectivity index (χ3n) is 4.27. The molecule has 33 heavy (non-hydrogen) atoms. The van der Waals surface area contributed by atoms with E-state index in [2.05, 4.69) is 27.1 Å². The zero-order valence-electron chi connectivity index (χ0n) is 18.3. The fourth-order valence-corrected chi connectivity index (χ4v) is 4.66. The topological polar surface area (TPSA) is 108 Å². The van der Waals surface area contributed by atoms with Crippen molar-refractivity contribution in [3.8, 4) is 17.1 Å². The van der Waals surface area contributed by atoms with Crippen LogP contribution in [0.15, 0.2) is 36.0 Å². The zero-order chi connectivity index (χ0) is 24.0. The van der Waals surface area contributed by atoms with E-state index in [1.54, 1.807) is 45.2 Å². The van der Waals surface area contributed by atoms with Crippen molar-refractivity contribution in [3.63, 3.8) is 0 Å². The highest BCUT2D eigenvalue weighted by Gasteiger charge is 2.20. The summed E-state index contributed by atoms with van der Waals surface area (Å²) in [7, 11) is 1.56. The van der Waals surface area contributed by atoms with Crippen molar-refractivity contribution in [3.05, 3.63) is 46.4 Å². The number of anilines is 1. The van der Waals surface area contributed by atoms with Gasteiger partial charge in [0, 0.05) is 11.6 Å². The molecule has 0 saturated heterocycles. The minimum Gasteiger partial charge on any atom is -0.496 e. The van der Waals surface area contributed by atoms with Gasteiger partial charge in [0.2, 0.25) is 5.91 Å². The lowest BCUT2D eigenvalue weighted by Gasteiger charge is -2.11. The van der Waals surface area contributed by atoms with Gasteiger partial charge in [-0.2, -0.15) is 0 Å². The molecule has 0 bridgehead atoms. The van der Waals surface area contributed by atoms with Gasteiger partial charge in [-0.15, -0.1) is 16.8 Å². The zero-order valence-corrected chi connectivity index (χ0v) is 20.6. The van der Waals surface area contributed by atoms with E-state index >= 15 is 0 Å². The lowest BCUT2D eigenvalue weighted by molar-refractivity contribution is -0.113. The molecule has 2 heterocycles. The van der Waals surface area contributed by atoms with Crippen molar-refractivity contribution in [1.29, 1.82) is 0 Å². The van der Waals surface area contributed by atoms with Crippen molar-refractivity contribution in [2.75, 3.05) is 24.8 Å². The average Bonchev–Trinajstić information content (AvgIpc) is 3.35. The van der Waals surface area contributed by atoms with Crippen LogP contribution in [-0.4, -0.2) is 51.1 Å². The Morgan fingerprint density at radius 1 is 1.36 bits per heavy atom. The number of hydrogen-bond donors (Lipinski definition) is 1. The van der Waals surface area contributed by atoms with Crippen LogP contribution in [-0.2, 0) is 16.1 Å². The molecular weight excluding hydrogens is 486 g/mol. The number of carbonyl (C=O) groups excluding carboxylic acids is 2. The second-order valence-electron chi connectivity index (χ2n) is 6.54. The first-order valence-corrected chi connectivity index (χ1v) is 12.0. The number of nitrogens with one attached hydrogen (secondary N) is 1. The first-order chi connectivity index (χ1) is 15.9. The van der Waals surface area contributed by atoms with Gasteiger partial charge < -0.3 is 14.8 Å². The number of allylic oxidation sites excluding steroid dienone is 1. The molecule has 1 amide bonds. The van der Waals surface area contributed by atoms with Crippen molar-refractivity contribution >= 4 is 51.7 Å². The van der Waals surface area contributed by atoms with Crippen molar-refractivity contribution in [1.82, 2.24) is 19.7 Å². The number of rotatable bonds is 10. The molecule has 2 aromatic heterocycles. The molecule has 12 heteroatoms. The molecule has 0 saturated carbocycles. The molecule has 0 unspecified atom stereocenters. The standard InChI is InChI=1S/C21H22ClN5O4S2/c1-5-9-27-18(14-10-13(22)7-8-15(14)30-4)25-26-21(27)32-11-16(28)24-20-23-12(3)17(33-20)19(29)31-6-2/h5,7-8,10H,1,6,9,11H2,2-4H3,(H,23,24,28). The third kappa shape index (κ3) is 5.92. The van der Waals surface area contributed by atoms with Crippen LogP contribution in [0.4, 0.5) is 5.13 Å². The SMILES string of the molecule is C=CCn1c(SCC(=O)Nc2nc(C)c(C(=O)OCC)s2)nnc1-c1cc(Cl)ccc1OC. The highest BCUT2D eigenvalue weighted by Crippen LogP contribution is 2.33. The number of hydrogen-bond acceptors (Lipinski definition) is 9. The molecule has 174 valence electrons. The number of halogens is 1. The van der Waals surface area contributed by atoms with E-state index < -0.39 is 5.97 Å². The number of aromatic nitrogens is 4. The van der Waals surface area contributed by atoms with Crippen LogP contribution in [0.5, 0.6) is 5.75 Å². The number of thioether (sulfide) groups is 1. The summed E-state index contributed by atoms with van der Waals surface area (Å²) < 4.78 is 12.3. The largest absolute Gasteiger partial charge is 0.496 e. The van der Waals surface area contributed by atoms with E-state index in [1.165, 1.54) is 11.8 Å². The fourth-order valence-electron chi connectivity index (χ4n) is 2.86. The number of amides is 1. The summed E-state index contributed by atoms with van der Waals surface area (Å²) in [5, 5.41) is 12.6. The fraction of sp³-hybridized carbons (Fsp3) is 0.286. The van der Waals surface area contributed by atoms with E-state index in [4.69, 9.17) is 21.1 Å². The molecule has 0 fully saturated rings. The second-order valence-corrected chi connectivity index (χ2v) is 8.92. The molecular formula is C21H22ClN5O4S2. The van der Waals surface area contributed by atoms with Gasteiger partial charge in [-0.1, -0.05) is 40.8 Å². The number of nitrogens with zero attached hydrogens (tertiary/aromatic N) is 4. The Kier molecular flexibility index (Phi) is 8.48. The molecule has 1 N–H and O–H groups in total. The lowest BCUT2D eigenvalue weighted by atomic mass is 10.2. The summed E-state index contributed by atoms with van der Waals surface area (Å²) in [4.78, 5) is 29.0. The normalized spacial score (nSPS) is 10.7. The number of thiazole rings is 1. The maximum atomic E-state index is 12.5. The highest BCUT2D eigenvalue weighted by atomic mass is 35.5. The molecule has 0 aliphatic rings. The number of carbonyl (C=O) groups is 2. The Morgan fingerprint density at radius 3 is 2.85 bits per heavy atom. The molecule has 9 nitrogen and oxygen atoms in total. The van der Waals surface area contributed by atoms with Crippen molar-refractivity contribution in [2.24, 2.45) is 0 Å². The minimum atomic E-state index is -0.455. The molecule has 3 aromatic rings. The van der Waals surface area contributed by atoms with Crippen molar-refractivity contribution < 1.29 is 19.1 Å². The maximum Gasteiger partial charge on any atom is 0.350 e. The Balaban J connectivity index is 1.74. The molecule has 0 aliphatic carbocycles. The average molecular weight is 508 g/mol. The van der Waals surface area contributed by atoms with E-state index in [9.17, 15) is 9.59 Å². The summed E-state index contributed by atoms with van der Waals surface area (Å²) in [6, 6.07) is 5.23. The Hall–Kier alpha value is -2.89. The van der Waals surface area contributed by atoms with Gasteiger partial charge in [0.25, 0.3) is 0 Å². The monoisotopic (exact) mass is 507 g/mol. The van der Waals surface area contributed by atoms with Crippen LogP contribution in [0.25, 0.3) is 11.4 Å². The summed E-state index contributed by atoms with van der Waals surface area (Å²) >= 11 is 8.45. The van der Waals surface area contributed by atoms with Gasteiger partial charge >= 0.3 is 5.97 Å². The Labute approximate surface area is 204 Å². The first-order valence-electron chi connectivity index (χ1n) is 9.83.